The van der Waals surface area contributed by atoms with E-state index in [9.17, 15) is 19.8 Å². The van der Waals surface area contributed by atoms with E-state index in [0.717, 1.165) is 57.8 Å². The van der Waals surface area contributed by atoms with Crippen molar-refractivity contribution in [2.75, 3.05) is 13.2 Å². The first-order valence-corrected chi connectivity index (χ1v) is 22.6. The summed E-state index contributed by atoms with van der Waals surface area (Å²) in [6.07, 6.45) is 47.3. The van der Waals surface area contributed by atoms with Gasteiger partial charge in [0.15, 0.2) is 0 Å². The highest BCUT2D eigenvalue weighted by molar-refractivity contribution is 5.76. The van der Waals surface area contributed by atoms with E-state index in [-0.39, 0.29) is 18.5 Å². The van der Waals surface area contributed by atoms with E-state index < -0.39 is 12.1 Å². The summed E-state index contributed by atoms with van der Waals surface area (Å²) in [6, 6.07) is -0.637. The average Bonchev–Trinajstić information content (AvgIpc) is 3.14. The van der Waals surface area contributed by atoms with E-state index in [0.29, 0.717) is 19.4 Å². The smallest absolute Gasteiger partial charge is 0.305 e. The molecule has 0 aromatic heterocycles. The molecule has 0 fully saturated rings. The van der Waals surface area contributed by atoms with Crippen molar-refractivity contribution < 1.29 is 24.5 Å². The first-order valence-electron chi connectivity index (χ1n) is 22.6. The third kappa shape index (κ3) is 38.1. The van der Waals surface area contributed by atoms with Gasteiger partial charge in [0.25, 0.3) is 0 Å². The standard InChI is InChI=1S/C46H87NO5/c1-3-5-7-9-11-13-14-15-16-20-24-28-32-36-40-46(51)52-41-37-33-29-25-21-18-17-19-23-27-31-35-39-45(50)47-43(42-48)44(49)38-34-30-26-22-12-10-8-6-4-2/h14-15,34,38,43-44,48-49H,3-13,16-33,35-37,39-42H2,1-2H3,(H,47,50)/b15-14-,38-34+. The second-order valence-corrected chi connectivity index (χ2v) is 15.4. The molecule has 0 heterocycles. The zero-order valence-electron chi connectivity index (χ0n) is 34.5. The van der Waals surface area contributed by atoms with Gasteiger partial charge in [0.2, 0.25) is 5.91 Å². The minimum absolute atomic E-state index is 0.0206. The van der Waals surface area contributed by atoms with E-state index in [1.54, 1.807) is 6.08 Å². The molecular weight excluding hydrogens is 647 g/mol. The Hall–Kier alpha value is -1.66. The van der Waals surface area contributed by atoms with Crippen LogP contribution in [0.2, 0.25) is 0 Å². The van der Waals surface area contributed by atoms with Crippen molar-refractivity contribution in [1.82, 2.24) is 5.32 Å². The number of carbonyl (C=O) groups excluding carboxylic acids is 2. The van der Waals surface area contributed by atoms with Crippen LogP contribution in [0, 0.1) is 0 Å². The zero-order valence-corrected chi connectivity index (χ0v) is 34.5. The van der Waals surface area contributed by atoms with Crippen LogP contribution in [0.4, 0.5) is 0 Å². The highest BCUT2D eigenvalue weighted by atomic mass is 16.5. The van der Waals surface area contributed by atoms with Crippen molar-refractivity contribution in [3.63, 3.8) is 0 Å². The molecule has 0 saturated carbocycles. The third-order valence-corrected chi connectivity index (χ3v) is 10.2. The zero-order chi connectivity index (χ0) is 38.0. The van der Waals surface area contributed by atoms with Crippen LogP contribution >= 0.6 is 0 Å². The molecule has 0 aromatic carbocycles. The summed E-state index contributed by atoms with van der Waals surface area (Å²) >= 11 is 0. The van der Waals surface area contributed by atoms with Crippen LogP contribution in [-0.4, -0.2) is 47.4 Å². The van der Waals surface area contributed by atoms with Crippen molar-refractivity contribution in [1.29, 1.82) is 0 Å². The Kier molecular flexibility index (Phi) is 40.7. The van der Waals surface area contributed by atoms with Crippen LogP contribution < -0.4 is 5.32 Å². The van der Waals surface area contributed by atoms with Gasteiger partial charge in [-0.3, -0.25) is 9.59 Å². The number of aliphatic hydroxyl groups is 2. The predicted molar refractivity (Wildman–Crippen MR) is 223 cm³/mol. The molecule has 0 bridgehead atoms. The number of unbranched alkanes of at least 4 members (excludes halogenated alkanes) is 28. The first-order chi connectivity index (χ1) is 25.5. The lowest BCUT2D eigenvalue weighted by Crippen LogP contribution is -2.45. The summed E-state index contributed by atoms with van der Waals surface area (Å²) in [4.78, 5) is 24.3. The third-order valence-electron chi connectivity index (χ3n) is 10.2. The summed E-state index contributed by atoms with van der Waals surface area (Å²) in [7, 11) is 0. The van der Waals surface area contributed by atoms with Crippen LogP contribution in [0.15, 0.2) is 24.3 Å². The Morgan fingerprint density at radius 2 is 0.904 bits per heavy atom. The fraction of sp³-hybridized carbons (Fsp3) is 0.870. The van der Waals surface area contributed by atoms with Gasteiger partial charge in [-0.1, -0.05) is 186 Å². The van der Waals surface area contributed by atoms with Gasteiger partial charge in [-0.05, 0) is 57.8 Å². The molecule has 1 amide bonds. The highest BCUT2D eigenvalue weighted by Crippen LogP contribution is 2.14. The molecule has 0 radical (unpaired) electrons. The Balaban J connectivity index is 3.48. The quantitative estimate of drug-likeness (QED) is 0.0330. The molecule has 0 rings (SSSR count). The maximum Gasteiger partial charge on any atom is 0.305 e. The molecular formula is C46H87NO5. The van der Waals surface area contributed by atoms with Gasteiger partial charge in [-0.25, -0.2) is 0 Å². The van der Waals surface area contributed by atoms with E-state index in [4.69, 9.17) is 4.74 Å². The van der Waals surface area contributed by atoms with E-state index >= 15 is 0 Å². The van der Waals surface area contributed by atoms with Crippen LogP contribution in [-0.2, 0) is 14.3 Å². The number of hydrogen-bond donors (Lipinski definition) is 3. The number of aliphatic hydroxyl groups excluding tert-OH is 2. The number of rotatable bonds is 41. The Bertz CT molecular complexity index is 813. The molecule has 0 aliphatic carbocycles. The van der Waals surface area contributed by atoms with Crippen molar-refractivity contribution in [2.45, 2.75) is 244 Å². The number of hydrogen-bond acceptors (Lipinski definition) is 5. The SMILES string of the molecule is CCCCCCC/C=C\CCCCCCCC(=O)OCCCCCCCCCCCCCCC(=O)NC(CO)C(O)/C=C/CCCCCCCCC. The van der Waals surface area contributed by atoms with Crippen LogP contribution in [0.3, 0.4) is 0 Å². The Morgan fingerprint density at radius 1 is 0.519 bits per heavy atom. The lowest BCUT2D eigenvalue weighted by Gasteiger charge is -2.20. The van der Waals surface area contributed by atoms with Crippen molar-refractivity contribution >= 4 is 11.9 Å². The number of ether oxygens (including phenoxy) is 1. The van der Waals surface area contributed by atoms with Crippen molar-refractivity contribution in [2.24, 2.45) is 0 Å². The normalized spacial score (nSPS) is 12.9. The van der Waals surface area contributed by atoms with Gasteiger partial charge in [0, 0.05) is 12.8 Å². The molecule has 0 aliphatic heterocycles. The summed E-state index contributed by atoms with van der Waals surface area (Å²) in [5, 5.41) is 22.8. The molecule has 0 aromatic rings. The second kappa shape index (κ2) is 42.1. The highest BCUT2D eigenvalue weighted by Gasteiger charge is 2.18. The summed E-state index contributed by atoms with van der Waals surface area (Å²) < 4.78 is 5.44. The molecule has 3 N–H and O–H groups in total. The summed E-state index contributed by atoms with van der Waals surface area (Å²) in [6.45, 7) is 4.81. The predicted octanol–water partition coefficient (Wildman–Crippen LogP) is 12.8. The van der Waals surface area contributed by atoms with E-state index in [1.165, 1.54) is 148 Å². The molecule has 2 unspecified atom stereocenters. The molecule has 52 heavy (non-hydrogen) atoms. The summed E-state index contributed by atoms with van der Waals surface area (Å²) in [5.74, 6) is -0.108. The fourth-order valence-electron chi connectivity index (χ4n) is 6.68. The van der Waals surface area contributed by atoms with Gasteiger partial charge in [-0.2, -0.15) is 0 Å². The van der Waals surface area contributed by atoms with Crippen molar-refractivity contribution in [3.05, 3.63) is 24.3 Å². The van der Waals surface area contributed by atoms with E-state index in [1.807, 2.05) is 6.08 Å². The van der Waals surface area contributed by atoms with Crippen LogP contribution in [0.5, 0.6) is 0 Å². The largest absolute Gasteiger partial charge is 0.466 e. The molecule has 6 nitrogen and oxygen atoms in total. The fourth-order valence-corrected chi connectivity index (χ4v) is 6.68. The molecule has 0 spiro atoms. The van der Waals surface area contributed by atoms with Crippen LogP contribution in [0.1, 0.15) is 232 Å². The maximum absolute atomic E-state index is 12.3. The Labute approximate surface area is 322 Å². The molecule has 6 heteroatoms. The number of amides is 1. The van der Waals surface area contributed by atoms with Crippen LogP contribution in [0.25, 0.3) is 0 Å². The van der Waals surface area contributed by atoms with Gasteiger partial charge >= 0.3 is 5.97 Å². The molecule has 2 atom stereocenters. The monoisotopic (exact) mass is 734 g/mol. The number of nitrogens with one attached hydrogen (secondary N) is 1. The molecule has 0 saturated heterocycles. The Morgan fingerprint density at radius 3 is 1.37 bits per heavy atom. The number of carbonyl (C=O) groups is 2. The number of esters is 1. The maximum atomic E-state index is 12.3. The minimum atomic E-state index is -0.852. The van der Waals surface area contributed by atoms with Gasteiger partial charge in [-0.15, -0.1) is 0 Å². The summed E-state index contributed by atoms with van der Waals surface area (Å²) in [5.41, 5.74) is 0. The average molecular weight is 734 g/mol. The number of allylic oxidation sites excluding steroid dienone is 3. The topological polar surface area (TPSA) is 95.9 Å². The second-order valence-electron chi connectivity index (χ2n) is 15.4. The van der Waals surface area contributed by atoms with E-state index in [2.05, 4.69) is 31.3 Å². The minimum Gasteiger partial charge on any atom is -0.466 e. The van der Waals surface area contributed by atoms with Gasteiger partial charge in [0.05, 0.1) is 25.4 Å². The molecule has 0 aliphatic rings. The lowest BCUT2D eigenvalue weighted by molar-refractivity contribution is -0.143. The first kappa shape index (κ1) is 50.3. The van der Waals surface area contributed by atoms with Crippen molar-refractivity contribution in [3.8, 4) is 0 Å². The van der Waals surface area contributed by atoms with Gasteiger partial charge in [0.1, 0.15) is 0 Å². The lowest BCUT2D eigenvalue weighted by atomic mass is 10.0. The van der Waals surface area contributed by atoms with Gasteiger partial charge < -0.3 is 20.3 Å². The molecule has 306 valence electrons.